The predicted octanol–water partition coefficient (Wildman–Crippen LogP) is -0.918. The van der Waals surface area contributed by atoms with Gasteiger partial charge in [0.15, 0.2) is 24.3 Å². The summed E-state index contributed by atoms with van der Waals surface area (Å²) >= 11 is 5.36. The Balaban J connectivity index is 2.73. The molecule has 1 rings (SSSR count). The highest BCUT2D eigenvalue weighted by Gasteiger charge is 2.42. The largest absolute Gasteiger partial charge is 0.337 e. The minimum atomic E-state index is -3.74. The number of hydrogen-bond donors (Lipinski definition) is 2. The topological polar surface area (TPSA) is 109 Å². The first kappa shape index (κ1) is 15.5. The van der Waals surface area contributed by atoms with Crippen molar-refractivity contribution in [1.82, 2.24) is 10.6 Å². The van der Waals surface area contributed by atoms with Gasteiger partial charge in [0.1, 0.15) is 0 Å². The van der Waals surface area contributed by atoms with E-state index in [-0.39, 0.29) is 23.9 Å². The third-order valence-corrected chi connectivity index (χ3v) is 8.30. The molecule has 0 spiro atoms. The first-order chi connectivity index (χ1) is 8.19. The van der Waals surface area contributed by atoms with Crippen LogP contribution in [0.4, 0.5) is 4.79 Å². The van der Waals surface area contributed by atoms with E-state index in [2.05, 4.69) is 10.6 Å². The van der Waals surface area contributed by atoms with Gasteiger partial charge in [-0.05, 0) is 6.92 Å². The molecule has 2 amide bonds. The molecule has 1 fully saturated rings. The summed E-state index contributed by atoms with van der Waals surface area (Å²) in [5.74, 6) is -0.533. The standard InChI is InChI=1S/C8H15ClN2O5S2/c1-6-17(13,14)4-7(5-18(6,15)16)11-8(12)10-3-2-9/h6-7H,2-5H2,1H3,(H2,10,11,12). The van der Waals surface area contributed by atoms with Crippen LogP contribution in [0.5, 0.6) is 0 Å². The summed E-state index contributed by atoms with van der Waals surface area (Å²) in [4.78, 5) is 11.3. The molecule has 1 saturated heterocycles. The second-order valence-electron chi connectivity index (χ2n) is 4.01. The van der Waals surface area contributed by atoms with Crippen LogP contribution in [0, 0.1) is 0 Å². The molecule has 18 heavy (non-hydrogen) atoms. The van der Waals surface area contributed by atoms with Gasteiger partial charge in [0.25, 0.3) is 0 Å². The van der Waals surface area contributed by atoms with Crippen LogP contribution >= 0.6 is 11.6 Å². The Morgan fingerprint density at radius 1 is 1.22 bits per heavy atom. The molecule has 0 radical (unpaired) electrons. The molecular weight excluding hydrogens is 304 g/mol. The van der Waals surface area contributed by atoms with Gasteiger partial charge in [0.05, 0.1) is 17.5 Å². The summed E-state index contributed by atoms with van der Waals surface area (Å²) in [6.45, 7) is 1.37. The Labute approximate surface area is 111 Å². The molecule has 1 heterocycles. The number of halogens is 1. The molecule has 0 atom stereocenters. The van der Waals surface area contributed by atoms with E-state index in [0.717, 1.165) is 6.92 Å². The Kier molecular flexibility index (Phi) is 4.84. The lowest BCUT2D eigenvalue weighted by Gasteiger charge is -2.27. The zero-order valence-electron chi connectivity index (χ0n) is 9.72. The number of carbonyl (C=O) groups excluding carboxylic acids is 1. The number of carbonyl (C=O) groups is 1. The Bertz CT molecular complexity index is 480. The van der Waals surface area contributed by atoms with Crippen LogP contribution in [-0.2, 0) is 19.7 Å². The molecule has 106 valence electrons. The summed E-state index contributed by atoms with van der Waals surface area (Å²) in [6.07, 6.45) is 0. The SMILES string of the molecule is CC1S(=O)(=O)CC(NC(=O)NCCCl)CS1(=O)=O. The molecule has 1 aliphatic rings. The van der Waals surface area contributed by atoms with E-state index in [1.165, 1.54) is 0 Å². The van der Waals surface area contributed by atoms with Gasteiger partial charge in [-0.3, -0.25) is 0 Å². The number of hydrogen-bond acceptors (Lipinski definition) is 5. The van der Waals surface area contributed by atoms with Crippen molar-refractivity contribution in [3.05, 3.63) is 0 Å². The zero-order chi connectivity index (χ0) is 14.0. The van der Waals surface area contributed by atoms with Gasteiger partial charge in [0, 0.05) is 12.4 Å². The van der Waals surface area contributed by atoms with Gasteiger partial charge in [-0.1, -0.05) is 0 Å². The average Bonchev–Trinajstić information content (AvgIpc) is 2.22. The molecule has 0 unspecified atom stereocenters. The maximum atomic E-state index is 11.6. The van der Waals surface area contributed by atoms with Crippen molar-refractivity contribution in [2.45, 2.75) is 17.5 Å². The molecule has 0 aromatic heterocycles. The molecule has 0 aliphatic carbocycles. The minimum absolute atomic E-state index is 0.214. The Hall–Kier alpha value is -0.540. The monoisotopic (exact) mass is 318 g/mol. The highest BCUT2D eigenvalue weighted by molar-refractivity contribution is 8.09. The zero-order valence-corrected chi connectivity index (χ0v) is 12.1. The number of amides is 2. The molecule has 0 bridgehead atoms. The fourth-order valence-electron chi connectivity index (χ4n) is 1.58. The number of alkyl halides is 1. The number of urea groups is 1. The third-order valence-electron chi connectivity index (χ3n) is 2.59. The minimum Gasteiger partial charge on any atom is -0.337 e. The number of rotatable bonds is 3. The third kappa shape index (κ3) is 3.72. The second kappa shape index (κ2) is 5.62. The van der Waals surface area contributed by atoms with E-state index in [1.807, 2.05) is 0 Å². The van der Waals surface area contributed by atoms with E-state index < -0.39 is 36.3 Å². The predicted molar refractivity (Wildman–Crippen MR) is 68.1 cm³/mol. The van der Waals surface area contributed by atoms with Crippen LogP contribution in [0.1, 0.15) is 6.92 Å². The maximum absolute atomic E-state index is 11.6. The molecular formula is C8H15ClN2O5S2. The quantitative estimate of drug-likeness (QED) is 0.654. The fraction of sp³-hybridized carbons (Fsp3) is 0.875. The molecule has 2 N–H and O–H groups in total. The van der Waals surface area contributed by atoms with Crippen molar-refractivity contribution < 1.29 is 21.6 Å². The van der Waals surface area contributed by atoms with Gasteiger partial charge in [-0.2, -0.15) is 0 Å². The van der Waals surface area contributed by atoms with Crippen LogP contribution in [0.2, 0.25) is 0 Å². The first-order valence-corrected chi connectivity index (χ1v) is 9.19. The molecule has 1 aliphatic heterocycles. The molecule has 10 heteroatoms. The van der Waals surface area contributed by atoms with Crippen molar-refractivity contribution in [2.24, 2.45) is 0 Å². The molecule has 0 saturated carbocycles. The Morgan fingerprint density at radius 2 is 1.72 bits per heavy atom. The van der Waals surface area contributed by atoms with Crippen molar-refractivity contribution in [3.8, 4) is 0 Å². The maximum Gasteiger partial charge on any atom is 0.315 e. The second-order valence-corrected chi connectivity index (χ2v) is 9.42. The van der Waals surface area contributed by atoms with Crippen LogP contribution < -0.4 is 10.6 Å². The molecule has 0 aromatic carbocycles. The lowest BCUT2D eigenvalue weighted by molar-refractivity contribution is 0.239. The lowest BCUT2D eigenvalue weighted by Crippen LogP contribution is -2.54. The van der Waals surface area contributed by atoms with E-state index in [4.69, 9.17) is 11.6 Å². The van der Waals surface area contributed by atoms with Crippen LogP contribution in [-0.4, -0.2) is 57.4 Å². The summed E-state index contributed by atoms with van der Waals surface area (Å²) in [7, 11) is -7.48. The van der Waals surface area contributed by atoms with E-state index in [9.17, 15) is 21.6 Å². The van der Waals surface area contributed by atoms with Gasteiger partial charge >= 0.3 is 6.03 Å². The molecule has 0 aromatic rings. The summed E-state index contributed by atoms with van der Waals surface area (Å²) in [5.41, 5.74) is 0. The van der Waals surface area contributed by atoms with Crippen molar-refractivity contribution in [2.75, 3.05) is 23.9 Å². The number of nitrogens with one attached hydrogen (secondary N) is 2. The van der Waals surface area contributed by atoms with E-state index in [1.54, 1.807) is 0 Å². The van der Waals surface area contributed by atoms with E-state index in [0.29, 0.717) is 0 Å². The Morgan fingerprint density at radius 3 is 2.17 bits per heavy atom. The smallest absolute Gasteiger partial charge is 0.315 e. The van der Waals surface area contributed by atoms with E-state index >= 15 is 0 Å². The van der Waals surface area contributed by atoms with Gasteiger partial charge < -0.3 is 10.6 Å². The van der Waals surface area contributed by atoms with Gasteiger partial charge in [0.2, 0.25) is 0 Å². The van der Waals surface area contributed by atoms with Crippen LogP contribution in [0.25, 0.3) is 0 Å². The fourth-order valence-corrected chi connectivity index (χ4v) is 6.15. The van der Waals surface area contributed by atoms with Crippen molar-refractivity contribution >= 4 is 37.3 Å². The van der Waals surface area contributed by atoms with Crippen molar-refractivity contribution in [3.63, 3.8) is 0 Å². The molecule has 7 nitrogen and oxygen atoms in total. The summed E-state index contributed by atoms with van der Waals surface area (Å²) in [5, 5.41) is 4.69. The normalized spacial score (nSPS) is 29.4. The van der Waals surface area contributed by atoms with Gasteiger partial charge in [-0.25, -0.2) is 21.6 Å². The highest BCUT2D eigenvalue weighted by Crippen LogP contribution is 2.19. The van der Waals surface area contributed by atoms with Crippen molar-refractivity contribution in [1.29, 1.82) is 0 Å². The lowest BCUT2D eigenvalue weighted by atomic mass is 10.4. The highest BCUT2D eigenvalue weighted by atomic mass is 35.5. The van der Waals surface area contributed by atoms with Crippen LogP contribution in [0.3, 0.4) is 0 Å². The summed E-state index contributed by atoms with van der Waals surface area (Å²) in [6, 6.07) is -1.55. The summed E-state index contributed by atoms with van der Waals surface area (Å²) < 4.78 is 45.1. The van der Waals surface area contributed by atoms with Gasteiger partial charge in [-0.15, -0.1) is 11.6 Å². The van der Waals surface area contributed by atoms with Crippen LogP contribution in [0.15, 0.2) is 0 Å². The average molecular weight is 319 g/mol. The first-order valence-electron chi connectivity index (χ1n) is 5.22. The number of sulfone groups is 2.